The predicted octanol–water partition coefficient (Wildman–Crippen LogP) is 1.25. The van der Waals surface area contributed by atoms with Crippen LogP contribution in [0.1, 0.15) is 46.5 Å². The van der Waals surface area contributed by atoms with Crippen LogP contribution in [-0.4, -0.2) is 64.3 Å². The van der Waals surface area contributed by atoms with E-state index in [2.05, 4.69) is 31.5 Å². The Morgan fingerprint density at radius 1 is 1.26 bits per heavy atom. The molecule has 12 heteroatoms. The molecule has 1 aliphatic carbocycles. The molecule has 194 valence electrons. The first-order valence-electron chi connectivity index (χ1n) is 12.0. The minimum atomic E-state index is -0.717. The van der Waals surface area contributed by atoms with Crippen molar-refractivity contribution in [1.29, 1.82) is 0 Å². The molecule has 4 rings (SSSR count). The van der Waals surface area contributed by atoms with Crippen molar-refractivity contribution in [2.75, 3.05) is 25.0 Å². The molecule has 1 saturated carbocycles. The number of anilines is 1. The van der Waals surface area contributed by atoms with Gasteiger partial charge in [0.1, 0.15) is 24.2 Å². The summed E-state index contributed by atoms with van der Waals surface area (Å²) in [5.74, 6) is -0.766. The molecule has 2 saturated heterocycles. The van der Waals surface area contributed by atoms with Crippen LogP contribution in [0, 0.1) is 29.1 Å². The van der Waals surface area contributed by atoms with Gasteiger partial charge in [-0.25, -0.2) is 15.4 Å². The zero-order valence-corrected chi connectivity index (χ0v) is 21.2. The van der Waals surface area contributed by atoms with Gasteiger partial charge in [0.25, 0.3) is 5.91 Å². The Kier molecular flexibility index (Phi) is 8.53. The molecule has 1 aromatic rings. The summed E-state index contributed by atoms with van der Waals surface area (Å²) in [6.07, 6.45) is 4.75. The Morgan fingerprint density at radius 2 is 2.03 bits per heavy atom. The van der Waals surface area contributed by atoms with Crippen LogP contribution in [0.4, 0.5) is 10.2 Å². The van der Waals surface area contributed by atoms with Crippen molar-refractivity contribution in [2.45, 2.75) is 58.5 Å². The lowest BCUT2D eigenvalue weighted by atomic mass is 9.85. The number of hydrogen-bond donors (Lipinski definition) is 4. The smallest absolute Gasteiger partial charge is 0.257 e. The van der Waals surface area contributed by atoms with Gasteiger partial charge in [0.15, 0.2) is 0 Å². The summed E-state index contributed by atoms with van der Waals surface area (Å²) in [5, 5.41) is 5.85. The Bertz CT molecular complexity index is 944. The molecule has 0 unspecified atom stereocenters. The molecule has 5 atom stereocenters. The molecule has 4 N–H and O–H groups in total. The summed E-state index contributed by atoms with van der Waals surface area (Å²) in [5.41, 5.74) is 5.14. The van der Waals surface area contributed by atoms with E-state index in [0.717, 1.165) is 38.1 Å². The van der Waals surface area contributed by atoms with Gasteiger partial charge in [0.2, 0.25) is 17.8 Å². The van der Waals surface area contributed by atoms with Crippen LogP contribution in [0.25, 0.3) is 0 Å². The van der Waals surface area contributed by atoms with Gasteiger partial charge in [-0.15, -0.1) is 12.4 Å². The number of hydrogen-bond acceptors (Lipinski definition) is 7. The number of nitrogens with one attached hydrogen (secondary N) is 4. The molecule has 3 fully saturated rings. The van der Waals surface area contributed by atoms with Crippen LogP contribution >= 0.6 is 12.4 Å². The summed E-state index contributed by atoms with van der Waals surface area (Å²) in [6, 6.07) is -0.164. The van der Waals surface area contributed by atoms with E-state index < -0.39 is 23.4 Å². The minimum Gasteiger partial charge on any atom is -0.358 e. The van der Waals surface area contributed by atoms with E-state index in [-0.39, 0.29) is 53.7 Å². The number of fused-ring (bicyclic) bond motifs is 1. The maximum Gasteiger partial charge on any atom is 0.257 e. The lowest BCUT2D eigenvalue weighted by Crippen LogP contribution is -2.57. The zero-order valence-electron chi connectivity index (χ0n) is 20.3. The maximum atomic E-state index is 13.8. The standard InChI is InChI=1S/C23H34FN7O3.ClH/c1-23(2,3)19(29-17-9-16(24)26-12-27-17)22(34)31-11-14-5-4-6-15(14)18(31)21(33)30-28-10-13-7-8-25-20(13)32;/h9,12-15,18-19,28H,4-8,10-11H2,1-3H3,(H,25,32)(H,30,33)(H,26,27,29);1H/t13-,14-,15-,18-,19+;/m0./s1. The number of aromatic nitrogens is 2. The number of hydrazine groups is 1. The van der Waals surface area contributed by atoms with Crippen molar-refractivity contribution in [3.63, 3.8) is 0 Å². The van der Waals surface area contributed by atoms with Crippen LogP contribution in [0.3, 0.4) is 0 Å². The van der Waals surface area contributed by atoms with Crippen LogP contribution < -0.4 is 21.5 Å². The topological polar surface area (TPSA) is 128 Å². The molecule has 0 spiro atoms. The van der Waals surface area contributed by atoms with Crippen LogP contribution in [0.5, 0.6) is 0 Å². The molecule has 0 aromatic carbocycles. The highest BCUT2D eigenvalue weighted by Gasteiger charge is 2.51. The van der Waals surface area contributed by atoms with E-state index in [1.165, 1.54) is 0 Å². The summed E-state index contributed by atoms with van der Waals surface area (Å²) in [6.45, 7) is 7.25. The second-order valence-electron chi connectivity index (χ2n) is 10.6. The van der Waals surface area contributed by atoms with E-state index in [1.807, 2.05) is 20.8 Å². The molecular formula is C23H35ClFN7O3. The number of nitrogens with zero attached hydrogens (tertiary/aromatic N) is 3. The Hall–Kier alpha value is -2.53. The van der Waals surface area contributed by atoms with Gasteiger partial charge in [0.05, 0.1) is 5.92 Å². The summed E-state index contributed by atoms with van der Waals surface area (Å²) >= 11 is 0. The zero-order chi connectivity index (χ0) is 24.5. The molecule has 10 nitrogen and oxygen atoms in total. The van der Waals surface area contributed by atoms with Gasteiger partial charge >= 0.3 is 0 Å². The van der Waals surface area contributed by atoms with Gasteiger partial charge < -0.3 is 15.5 Å². The van der Waals surface area contributed by atoms with E-state index in [9.17, 15) is 18.8 Å². The molecular weight excluding hydrogens is 477 g/mol. The molecule has 35 heavy (non-hydrogen) atoms. The average Bonchev–Trinajstić information content (AvgIpc) is 3.47. The Labute approximate surface area is 211 Å². The predicted molar refractivity (Wildman–Crippen MR) is 130 cm³/mol. The summed E-state index contributed by atoms with van der Waals surface area (Å²) in [4.78, 5) is 48.1. The first-order valence-corrected chi connectivity index (χ1v) is 12.0. The molecule has 1 aromatic heterocycles. The van der Waals surface area contributed by atoms with Crippen LogP contribution in [0.2, 0.25) is 0 Å². The van der Waals surface area contributed by atoms with E-state index in [4.69, 9.17) is 0 Å². The fourth-order valence-electron chi connectivity index (χ4n) is 5.42. The van der Waals surface area contributed by atoms with Crippen molar-refractivity contribution in [2.24, 2.45) is 23.2 Å². The third-order valence-electron chi connectivity index (χ3n) is 7.20. The molecule has 3 amide bonds. The lowest BCUT2D eigenvalue weighted by Gasteiger charge is -2.36. The van der Waals surface area contributed by atoms with Gasteiger partial charge in [0, 0.05) is 25.7 Å². The first-order chi connectivity index (χ1) is 16.1. The van der Waals surface area contributed by atoms with Gasteiger partial charge in [-0.3, -0.25) is 19.8 Å². The molecule has 3 heterocycles. The highest BCUT2D eigenvalue weighted by atomic mass is 35.5. The van der Waals surface area contributed by atoms with Crippen LogP contribution in [0.15, 0.2) is 12.4 Å². The van der Waals surface area contributed by atoms with Crippen molar-refractivity contribution in [3.8, 4) is 0 Å². The Morgan fingerprint density at radius 3 is 2.69 bits per heavy atom. The fraction of sp³-hybridized carbons (Fsp3) is 0.696. The van der Waals surface area contributed by atoms with Crippen molar-refractivity contribution >= 4 is 35.9 Å². The lowest BCUT2D eigenvalue weighted by molar-refractivity contribution is -0.142. The SMILES string of the molecule is CC(C)(C)[C@H](Nc1cc(F)ncn1)C(=O)N1C[C@@H]2CCC[C@@H]2[C@H]1C(=O)NNC[C@@H]1CCNC1=O.Cl. The summed E-state index contributed by atoms with van der Waals surface area (Å²) < 4.78 is 13.6. The molecule has 2 aliphatic heterocycles. The molecule has 0 bridgehead atoms. The number of halogens is 2. The highest BCUT2D eigenvalue weighted by Crippen LogP contribution is 2.43. The molecule has 3 aliphatic rings. The number of likely N-dealkylation sites (tertiary alicyclic amines) is 1. The van der Waals surface area contributed by atoms with Crippen molar-refractivity contribution < 1.29 is 18.8 Å². The number of carbonyl (C=O) groups is 3. The highest BCUT2D eigenvalue weighted by molar-refractivity contribution is 5.92. The van der Waals surface area contributed by atoms with E-state index >= 15 is 0 Å². The fourth-order valence-corrected chi connectivity index (χ4v) is 5.42. The minimum absolute atomic E-state index is 0. The third kappa shape index (κ3) is 6.00. The van der Waals surface area contributed by atoms with Gasteiger partial charge in [-0.1, -0.05) is 27.2 Å². The number of rotatable bonds is 7. The number of amides is 3. The number of carbonyl (C=O) groups excluding carboxylic acids is 3. The first kappa shape index (κ1) is 27.1. The normalized spacial score (nSPS) is 26.5. The summed E-state index contributed by atoms with van der Waals surface area (Å²) in [7, 11) is 0. The average molecular weight is 512 g/mol. The molecule has 0 radical (unpaired) electrons. The van der Waals surface area contributed by atoms with E-state index in [1.54, 1.807) is 4.90 Å². The third-order valence-corrected chi connectivity index (χ3v) is 7.20. The van der Waals surface area contributed by atoms with Crippen LogP contribution in [-0.2, 0) is 14.4 Å². The Balaban J connectivity index is 0.00000342. The largest absolute Gasteiger partial charge is 0.358 e. The van der Waals surface area contributed by atoms with E-state index in [0.29, 0.717) is 19.6 Å². The maximum absolute atomic E-state index is 13.8. The van der Waals surface area contributed by atoms with Crippen molar-refractivity contribution in [1.82, 2.24) is 31.0 Å². The van der Waals surface area contributed by atoms with Crippen molar-refractivity contribution in [3.05, 3.63) is 18.3 Å². The second kappa shape index (κ2) is 11.0. The second-order valence-corrected chi connectivity index (χ2v) is 10.6. The van der Waals surface area contributed by atoms with Gasteiger partial charge in [-0.05, 0) is 36.5 Å². The van der Waals surface area contributed by atoms with Gasteiger partial charge in [-0.2, -0.15) is 4.39 Å². The monoisotopic (exact) mass is 511 g/mol. The quantitative estimate of drug-likeness (QED) is 0.320.